The molecule has 1 aliphatic rings. The number of thioether (sulfide) groups is 1. The Morgan fingerprint density at radius 1 is 1.21 bits per heavy atom. The number of carbonyl (C=O) groups excluding carboxylic acids is 1. The molecule has 34 heavy (non-hydrogen) atoms. The first-order chi connectivity index (χ1) is 16.1. The first-order valence-electron chi connectivity index (χ1n) is 10.9. The van der Waals surface area contributed by atoms with Gasteiger partial charge in [-0.3, -0.25) is 4.79 Å². The number of rotatable bonds is 9. The van der Waals surface area contributed by atoms with Crippen LogP contribution in [0.15, 0.2) is 53.4 Å². The zero-order chi connectivity index (χ0) is 24.8. The van der Waals surface area contributed by atoms with E-state index < -0.39 is 34.2 Å². The average molecular weight is 508 g/mol. The summed E-state index contributed by atoms with van der Waals surface area (Å²) < 4.78 is 53.2. The number of hydrogen-bond donors (Lipinski definition) is 2. The van der Waals surface area contributed by atoms with Gasteiger partial charge < -0.3 is 5.32 Å². The molecule has 2 N–H and O–H groups in total. The van der Waals surface area contributed by atoms with Gasteiger partial charge in [-0.2, -0.15) is 5.26 Å². The smallest absolute Gasteiger partial charge is 0.249 e. The number of halogens is 2. The predicted molar refractivity (Wildman–Crippen MR) is 129 cm³/mol. The molecule has 0 radical (unpaired) electrons. The van der Waals surface area contributed by atoms with Crippen molar-refractivity contribution >= 4 is 27.7 Å². The summed E-state index contributed by atoms with van der Waals surface area (Å²) in [5.74, 6) is -4.15. The van der Waals surface area contributed by atoms with E-state index in [4.69, 9.17) is 5.26 Å². The fraction of sp³-hybridized carbons (Fsp3) is 0.417. The Balaban J connectivity index is 1.80. The molecule has 182 valence electrons. The highest BCUT2D eigenvalue weighted by Crippen LogP contribution is 2.47. The van der Waals surface area contributed by atoms with Crippen LogP contribution in [0.3, 0.4) is 0 Å². The van der Waals surface area contributed by atoms with Gasteiger partial charge in [0, 0.05) is 30.0 Å². The van der Waals surface area contributed by atoms with Crippen molar-refractivity contribution in [1.29, 1.82) is 5.26 Å². The fourth-order valence-electron chi connectivity index (χ4n) is 4.25. The number of alkyl halides is 2. The Bertz CT molecular complexity index is 1150. The Hall–Kier alpha value is -2.48. The van der Waals surface area contributed by atoms with Crippen LogP contribution in [0.2, 0.25) is 0 Å². The van der Waals surface area contributed by atoms with Crippen molar-refractivity contribution in [3.8, 4) is 17.2 Å². The number of nitrogens with one attached hydrogen (secondary N) is 2. The van der Waals surface area contributed by atoms with Gasteiger partial charge in [0.1, 0.15) is 6.54 Å². The Morgan fingerprint density at radius 3 is 2.59 bits per heavy atom. The molecule has 2 atom stereocenters. The van der Waals surface area contributed by atoms with Gasteiger partial charge in [-0.1, -0.05) is 36.4 Å². The lowest BCUT2D eigenvalue weighted by Crippen LogP contribution is -2.41. The molecule has 2 aromatic carbocycles. The number of amides is 1. The molecule has 1 saturated carbocycles. The highest BCUT2D eigenvalue weighted by Gasteiger charge is 2.45. The molecular formula is C24H27F2N3O3S2. The van der Waals surface area contributed by atoms with Crippen molar-refractivity contribution in [2.75, 3.05) is 25.1 Å². The second-order valence-corrected chi connectivity index (χ2v) is 11.3. The van der Waals surface area contributed by atoms with Gasteiger partial charge in [-0.25, -0.2) is 21.9 Å². The number of nitrogens with zero attached hydrogens (tertiary/aromatic N) is 1. The minimum absolute atomic E-state index is 0.177. The Morgan fingerprint density at radius 2 is 1.91 bits per heavy atom. The summed E-state index contributed by atoms with van der Waals surface area (Å²) in [7, 11) is -3.21. The number of sulfonamides is 1. The molecule has 0 spiro atoms. The molecule has 0 aliphatic heterocycles. The summed E-state index contributed by atoms with van der Waals surface area (Å²) in [4.78, 5) is 13.6. The van der Waals surface area contributed by atoms with Crippen molar-refractivity contribution in [2.45, 2.75) is 36.0 Å². The van der Waals surface area contributed by atoms with Gasteiger partial charge in [0.25, 0.3) is 0 Å². The van der Waals surface area contributed by atoms with Gasteiger partial charge in [-0.05, 0) is 41.2 Å². The molecule has 2 aromatic rings. The fourth-order valence-corrected chi connectivity index (χ4v) is 5.62. The van der Waals surface area contributed by atoms with E-state index in [1.807, 2.05) is 54.6 Å². The Kier molecular flexibility index (Phi) is 8.68. The molecule has 0 heterocycles. The predicted octanol–water partition coefficient (Wildman–Crippen LogP) is 4.15. The standard InChI is InChI=1S/C24H27F2N3O3S2/c1-34(31,32)29-14-15-33-18-8-6-17(7-9-18)19-4-2-3-5-20(19)21-10-11-24(25,26)16-22(21)23(30)28-13-12-27/h2-9,21-22,29H,10-11,13-16H2,1H3,(H,28,30)/t21-,22+/m0/s1. The third kappa shape index (κ3) is 7.26. The average Bonchev–Trinajstić information content (AvgIpc) is 2.79. The first-order valence-corrected chi connectivity index (χ1v) is 13.8. The van der Waals surface area contributed by atoms with Crippen LogP contribution in [-0.2, 0) is 14.8 Å². The van der Waals surface area contributed by atoms with E-state index in [1.165, 1.54) is 11.8 Å². The molecule has 0 saturated heterocycles. The maximum absolute atomic E-state index is 14.2. The minimum Gasteiger partial charge on any atom is -0.343 e. The van der Waals surface area contributed by atoms with Crippen LogP contribution in [0, 0.1) is 17.2 Å². The lowest BCUT2D eigenvalue weighted by Gasteiger charge is -2.36. The number of nitriles is 1. The third-order valence-electron chi connectivity index (χ3n) is 5.76. The summed E-state index contributed by atoms with van der Waals surface area (Å²) in [6.45, 7) is 0.115. The first kappa shape index (κ1) is 26.1. The quantitative estimate of drug-likeness (QED) is 0.302. The lowest BCUT2D eigenvalue weighted by atomic mass is 9.72. The third-order valence-corrected chi connectivity index (χ3v) is 7.51. The highest BCUT2D eigenvalue weighted by atomic mass is 32.2. The molecule has 3 rings (SSSR count). The van der Waals surface area contributed by atoms with Crippen molar-refractivity contribution < 1.29 is 22.0 Å². The highest BCUT2D eigenvalue weighted by molar-refractivity contribution is 7.99. The largest absolute Gasteiger partial charge is 0.343 e. The van der Waals surface area contributed by atoms with Crippen LogP contribution in [0.25, 0.3) is 11.1 Å². The van der Waals surface area contributed by atoms with E-state index in [1.54, 1.807) is 0 Å². The topological polar surface area (TPSA) is 99.1 Å². The molecule has 1 aliphatic carbocycles. The van der Waals surface area contributed by atoms with E-state index in [0.717, 1.165) is 27.8 Å². The molecule has 0 aromatic heterocycles. The molecule has 1 fully saturated rings. The second kappa shape index (κ2) is 11.3. The molecule has 1 amide bonds. The zero-order valence-corrected chi connectivity index (χ0v) is 20.4. The van der Waals surface area contributed by atoms with Crippen LogP contribution in [0.1, 0.15) is 30.7 Å². The van der Waals surface area contributed by atoms with E-state index in [0.29, 0.717) is 12.3 Å². The van der Waals surface area contributed by atoms with E-state index in [-0.39, 0.29) is 25.3 Å². The number of benzene rings is 2. The number of hydrogen-bond acceptors (Lipinski definition) is 5. The summed E-state index contributed by atoms with van der Waals surface area (Å²) in [5.41, 5.74) is 2.63. The maximum atomic E-state index is 14.2. The van der Waals surface area contributed by atoms with Gasteiger partial charge in [0.05, 0.1) is 18.2 Å². The summed E-state index contributed by atoms with van der Waals surface area (Å²) in [6.07, 6.45) is 0.469. The van der Waals surface area contributed by atoms with Crippen molar-refractivity contribution in [3.05, 3.63) is 54.1 Å². The molecule has 6 nitrogen and oxygen atoms in total. The monoisotopic (exact) mass is 507 g/mol. The zero-order valence-electron chi connectivity index (χ0n) is 18.8. The maximum Gasteiger partial charge on any atom is 0.249 e. The minimum atomic E-state index is -3.21. The summed E-state index contributed by atoms with van der Waals surface area (Å²) in [6, 6.07) is 17.1. The van der Waals surface area contributed by atoms with Gasteiger partial charge >= 0.3 is 0 Å². The van der Waals surface area contributed by atoms with Gasteiger partial charge in [0.15, 0.2) is 0 Å². The van der Waals surface area contributed by atoms with Crippen molar-refractivity contribution in [3.63, 3.8) is 0 Å². The van der Waals surface area contributed by atoms with Crippen LogP contribution in [0.5, 0.6) is 0 Å². The summed E-state index contributed by atoms with van der Waals surface area (Å²) in [5, 5.41) is 11.2. The van der Waals surface area contributed by atoms with Crippen molar-refractivity contribution in [2.24, 2.45) is 5.92 Å². The van der Waals surface area contributed by atoms with E-state index in [2.05, 4.69) is 10.0 Å². The SMILES string of the molecule is CS(=O)(=O)NCCSc1ccc(-c2ccccc2[C@@H]2CCC(F)(F)C[C@H]2C(=O)NCC#N)cc1. The molecular weight excluding hydrogens is 480 g/mol. The molecule has 10 heteroatoms. The second-order valence-electron chi connectivity index (χ2n) is 8.31. The van der Waals surface area contributed by atoms with Crippen LogP contribution in [-0.4, -0.2) is 45.3 Å². The van der Waals surface area contributed by atoms with Crippen molar-refractivity contribution in [1.82, 2.24) is 10.0 Å². The summed E-state index contributed by atoms with van der Waals surface area (Å²) >= 11 is 1.52. The Labute approximate surface area is 203 Å². The van der Waals surface area contributed by atoms with Gasteiger partial charge in [0.2, 0.25) is 21.9 Å². The van der Waals surface area contributed by atoms with Crippen LogP contribution < -0.4 is 10.0 Å². The lowest BCUT2D eigenvalue weighted by molar-refractivity contribution is -0.133. The molecule has 0 unspecified atom stereocenters. The number of carbonyl (C=O) groups is 1. The molecule has 0 bridgehead atoms. The van der Waals surface area contributed by atoms with Crippen LogP contribution in [0.4, 0.5) is 8.78 Å². The van der Waals surface area contributed by atoms with E-state index in [9.17, 15) is 22.0 Å². The normalized spacial score (nSPS) is 19.8. The van der Waals surface area contributed by atoms with Gasteiger partial charge in [-0.15, -0.1) is 11.8 Å². The van der Waals surface area contributed by atoms with Crippen LogP contribution >= 0.6 is 11.8 Å². The van der Waals surface area contributed by atoms with E-state index >= 15 is 0 Å².